The summed E-state index contributed by atoms with van der Waals surface area (Å²) in [6.07, 6.45) is 3.37. The molecule has 0 fully saturated rings. The zero-order chi connectivity index (χ0) is 13.7. The second-order valence-corrected chi connectivity index (χ2v) is 6.81. The zero-order valence-corrected chi connectivity index (χ0v) is 13.0. The molecule has 1 aromatic carbocycles. The molecule has 0 spiro atoms. The molecule has 104 valence electrons. The molecule has 2 nitrogen and oxygen atoms in total. The number of amidine groups is 1. The molecule has 1 unspecified atom stereocenters. The molecule has 0 saturated heterocycles. The molecule has 0 aliphatic carbocycles. The van der Waals surface area contributed by atoms with Gasteiger partial charge >= 0.3 is 0 Å². The minimum Gasteiger partial charge on any atom is -0.360 e. The van der Waals surface area contributed by atoms with Gasteiger partial charge in [0.25, 0.3) is 0 Å². The molecule has 0 bridgehead atoms. The molecule has 1 atom stereocenters. The maximum Gasteiger partial charge on any atom is 0.157 e. The third-order valence-corrected chi connectivity index (χ3v) is 4.54. The lowest BCUT2D eigenvalue weighted by Gasteiger charge is -2.27. The molecule has 0 saturated carbocycles. The van der Waals surface area contributed by atoms with Crippen molar-refractivity contribution in [1.29, 1.82) is 0 Å². The first-order chi connectivity index (χ1) is 9.09. The Hall–Kier alpha value is -0.960. The maximum absolute atomic E-state index is 4.72. The van der Waals surface area contributed by atoms with E-state index in [-0.39, 0.29) is 5.54 Å². The largest absolute Gasteiger partial charge is 0.360 e. The van der Waals surface area contributed by atoms with Gasteiger partial charge in [0.15, 0.2) is 5.17 Å². The highest BCUT2D eigenvalue weighted by Crippen LogP contribution is 2.22. The minimum atomic E-state index is 0.101. The van der Waals surface area contributed by atoms with Crippen LogP contribution in [0.2, 0.25) is 0 Å². The topological polar surface area (TPSA) is 24.4 Å². The van der Waals surface area contributed by atoms with E-state index < -0.39 is 0 Å². The fourth-order valence-corrected chi connectivity index (χ4v) is 3.38. The van der Waals surface area contributed by atoms with Crippen LogP contribution in [-0.2, 0) is 6.42 Å². The Kier molecular flexibility index (Phi) is 4.92. The van der Waals surface area contributed by atoms with Gasteiger partial charge in [-0.1, -0.05) is 49.0 Å². The van der Waals surface area contributed by atoms with Crippen LogP contribution in [0.3, 0.4) is 0 Å². The van der Waals surface area contributed by atoms with Crippen molar-refractivity contribution in [3.8, 4) is 0 Å². The molecule has 2 rings (SSSR count). The predicted octanol–water partition coefficient (Wildman–Crippen LogP) is 3.87. The summed E-state index contributed by atoms with van der Waals surface area (Å²) in [5.41, 5.74) is 1.51. The van der Waals surface area contributed by atoms with Crippen LogP contribution in [0.4, 0.5) is 0 Å². The second kappa shape index (κ2) is 6.47. The van der Waals surface area contributed by atoms with Crippen molar-refractivity contribution in [3.63, 3.8) is 0 Å². The molecular formula is C16H24N2S. The van der Waals surface area contributed by atoms with E-state index >= 15 is 0 Å². The second-order valence-electron chi connectivity index (χ2n) is 5.80. The van der Waals surface area contributed by atoms with Crippen LogP contribution in [0.25, 0.3) is 0 Å². The molecule has 0 amide bonds. The van der Waals surface area contributed by atoms with E-state index in [4.69, 9.17) is 4.99 Å². The first-order valence-electron chi connectivity index (χ1n) is 7.12. The average Bonchev–Trinajstić information content (AvgIpc) is 2.85. The molecule has 3 heteroatoms. The van der Waals surface area contributed by atoms with E-state index in [0.29, 0.717) is 6.04 Å². The van der Waals surface area contributed by atoms with Crippen LogP contribution in [0.1, 0.15) is 39.2 Å². The van der Waals surface area contributed by atoms with Crippen LogP contribution in [0.15, 0.2) is 35.3 Å². The van der Waals surface area contributed by atoms with Crippen LogP contribution >= 0.6 is 11.8 Å². The van der Waals surface area contributed by atoms with Gasteiger partial charge in [-0.25, -0.2) is 0 Å². The highest BCUT2D eigenvalue weighted by Gasteiger charge is 2.23. The summed E-state index contributed by atoms with van der Waals surface area (Å²) < 4.78 is 0. The lowest BCUT2D eigenvalue weighted by Crippen LogP contribution is -2.42. The quantitative estimate of drug-likeness (QED) is 0.883. The van der Waals surface area contributed by atoms with Gasteiger partial charge in [0.1, 0.15) is 0 Å². The van der Waals surface area contributed by atoms with Gasteiger partial charge in [-0.05, 0) is 38.7 Å². The van der Waals surface area contributed by atoms with Gasteiger partial charge < -0.3 is 5.32 Å². The number of aryl methyl sites for hydroxylation is 1. The number of nitrogens with zero attached hydrogens (tertiary/aromatic N) is 1. The number of benzene rings is 1. The van der Waals surface area contributed by atoms with E-state index in [0.717, 1.165) is 30.2 Å². The van der Waals surface area contributed by atoms with Crippen molar-refractivity contribution < 1.29 is 0 Å². The summed E-state index contributed by atoms with van der Waals surface area (Å²) in [7, 11) is 0. The number of thioether (sulfide) groups is 1. The van der Waals surface area contributed by atoms with Crippen molar-refractivity contribution in [3.05, 3.63) is 35.9 Å². The molecule has 1 heterocycles. The monoisotopic (exact) mass is 276 g/mol. The Labute approximate surface area is 121 Å². The third-order valence-electron chi connectivity index (χ3n) is 3.51. The minimum absolute atomic E-state index is 0.101. The highest BCUT2D eigenvalue weighted by atomic mass is 32.2. The number of aliphatic imine (C=N–C) groups is 1. The number of rotatable bonds is 5. The molecule has 0 radical (unpaired) electrons. The van der Waals surface area contributed by atoms with Crippen molar-refractivity contribution >= 4 is 16.9 Å². The van der Waals surface area contributed by atoms with Crippen LogP contribution in [-0.4, -0.2) is 22.5 Å². The standard InChI is InChI=1S/C16H24N2S/c1-4-14-12-19-15(17-14)18-16(2,3)11-10-13-8-6-5-7-9-13/h5-9,14H,4,10-12H2,1-3H3,(H,17,18). The van der Waals surface area contributed by atoms with Crippen LogP contribution in [0.5, 0.6) is 0 Å². The van der Waals surface area contributed by atoms with Gasteiger partial charge in [0, 0.05) is 11.3 Å². The Morgan fingerprint density at radius 3 is 2.68 bits per heavy atom. The molecule has 1 N–H and O–H groups in total. The zero-order valence-electron chi connectivity index (χ0n) is 12.1. The molecule has 1 aliphatic rings. The van der Waals surface area contributed by atoms with E-state index in [1.165, 1.54) is 5.56 Å². The highest BCUT2D eigenvalue weighted by molar-refractivity contribution is 8.14. The lowest BCUT2D eigenvalue weighted by molar-refractivity contribution is 0.428. The van der Waals surface area contributed by atoms with Gasteiger partial charge in [0.05, 0.1) is 6.04 Å². The summed E-state index contributed by atoms with van der Waals surface area (Å²) in [6.45, 7) is 6.73. The number of hydrogen-bond donors (Lipinski definition) is 1. The third kappa shape index (κ3) is 4.57. The number of nitrogens with one attached hydrogen (secondary N) is 1. The summed E-state index contributed by atoms with van der Waals surface area (Å²) in [6, 6.07) is 11.2. The van der Waals surface area contributed by atoms with E-state index in [9.17, 15) is 0 Å². The normalized spacial score (nSPS) is 19.3. The van der Waals surface area contributed by atoms with Gasteiger partial charge in [-0.15, -0.1) is 0 Å². The predicted molar refractivity (Wildman–Crippen MR) is 85.9 cm³/mol. The molecule has 0 aromatic heterocycles. The Morgan fingerprint density at radius 2 is 2.05 bits per heavy atom. The maximum atomic E-state index is 4.72. The van der Waals surface area contributed by atoms with Crippen molar-refractivity contribution in [2.75, 3.05) is 5.75 Å². The molecule has 19 heavy (non-hydrogen) atoms. The van der Waals surface area contributed by atoms with Gasteiger partial charge in [0.2, 0.25) is 0 Å². The van der Waals surface area contributed by atoms with Crippen LogP contribution in [0, 0.1) is 0 Å². The fraction of sp³-hybridized carbons (Fsp3) is 0.562. The summed E-state index contributed by atoms with van der Waals surface area (Å²) in [5, 5.41) is 4.73. The van der Waals surface area contributed by atoms with Crippen molar-refractivity contribution in [1.82, 2.24) is 5.32 Å². The first kappa shape index (κ1) is 14.4. The molecular weight excluding hydrogens is 252 g/mol. The van der Waals surface area contributed by atoms with Crippen molar-refractivity contribution in [2.45, 2.75) is 51.6 Å². The Bertz CT molecular complexity index is 426. The van der Waals surface area contributed by atoms with Crippen molar-refractivity contribution in [2.24, 2.45) is 4.99 Å². The lowest BCUT2D eigenvalue weighted by atomic mass is 9.95. The first-order valence-corrected chi connectivity index (χ1v) is 8.10. The van der Waals surface area contributed by atoms with E-state index in [2.05, 4.69) is 56.4 Å². The fourth-order valence-electron chi connectivity index (χ4n) is 2.15. The summed E-state index contributed by atoms with van der Waals surface area (Å²) in [5.74, 6) is 1.13. The van der Waals surface area contributed by atoms with E-state index in [1.54, 1.807) is 0 Å². The molecule has 1 aliphatic heterocycles. The van der Waals surface area contributed by atoms with Gasteiger partial charge in [-0.3, -0.25) is 4.99 Å². The van der Waals surface area contributed by atoms with Crippen LogP contribution < -0.4 is 5.32 Å². The summed E-state index contributed by atoms with van der Waals surface area (Å²) in [4.78, 5) is 4.72. The molecule has 1 aromatic rings. The Balaban J connectivity index is 1.85. The van der Waals surface area contributed by atoms with Gasteiger partial charge in [-0.2, -0.15) is 0 Å². The number of hydrogen-bond acceptors (Lipinski definition) is 3. The average molecular weight is 276 g/mol. The van der Waals surface area contributed by atoms with E-state index in [1.807, 2.05) is 11.8 Å². The Morgan fingerprint density at radius 1 is 1.32 bits per heavy atom. The SMILES string of the molecule is CCC1CSC(NC(C)(C)CCc2ccccc2)=N1. The smallest absolute Gasteiger partial charge is 0.157 e. The summed E-state index contributed by atoms with van der Waals surface area (Å²) >= 11 is 1.86.